The fourth-order valence-electron chi connectivity index (χ4n) is 2.82. The molecule has 2 aromatic carbocycles. The van der Waals surface area contributed by atoms with Crippen molar-refractivity contribution < 1.29 is 18.0 Å². The molecule has 1 heterocycles. The van der Waals surface area contributed by atoms with E-state index in [0.29, 0.717) is 22.7 Å². The number of halogens is 4. The lowest BCUT2D eigenvalue weighted by molar-refractivity contribution is -0.137. The number of carbonyl (C=O) groups is 1. The van der Waals surface area contributed by atoms with Gasteiger partial charge in [0.25, 0.3) is 5.56 Å². The minimum Gasteiger partial charge on any atom is -0.325 e. The number of alkyl halides is 3. The third kappa shape index (κ3) is 5.07. The van der Waals surface area contributed by atoms with Crippen LogP contribution < -0.4 is 10.9 Å². The number of aromatic nitrogens is 2. The maximum atomic E-state index is 12.7. The quantitative estimate of drug-likeness (QED) is 0.627. The second-order valence-electron chi connectivity index (χ2n) is 6.48. The molecule has 0 fully saturated rings. The van der Waals surface area contributed by atoms with E-state index in [1.165, 1.54) is 10.6 Å². The topological polar surface area (TPSA) is 64.0 Å². The summed E-state index contributed by atoms with van der Waals surface area (Å²) in [5.41, 5.74) is 0.0776. The number of nitrogens with zero attached hydrogens (tertiary/aromatic N) is 2. The maximum absolute atomic E-state index is 12.7. The van der Waals surface area contributed by atoms with E-state index in [1.54, 1.807) is 24.3 Å². The van der Waals surface area contributed by atoms with Gasteiger partial charge in [0, 0.05) is 28.0 Å². The number of anilines is 1. The third-order valence-electron chi connectivity index (χ3n) is 4.30. The van der Waals surface area contributed by atoms with E-state index in [0.717, 1.165) is 24.3 Å². The van der Waals surface area contributed by atoms with Crippen LogP contribution in [0.5, 0.6) is 0 Å². The maximum Gasteiger partial charge on any atom is 0.416 e. The number of benzene rings is 2. The summed E-state index contributed by atoms with van der Waals surface area (Å²) in [7, 11) is 0. The van der Waals surface area contributed by atoms with Crippen LogP contribution in [0.1, 0.15) is 18.2 Å². The highest BCUT2D eigenvalue weighted by Gasteiger charge is 2.30. The number of rotatable bonds is 5. The molecule has 0 aliphatic carbocycles. The summed E-state index contributed by atoms with van der Waals surface area (Å²) >= 11 is 6.04. The van der Waals surface area contributed by atoms with E-state index in [2.05, 4.69) is 10.3 Å². The van der Waals surface area contributed by atoms with Crippen molar-refractivity contribution >= 4 is 23.2 Å². The molecule has 9 heteroatoms. The molecular weight excluding hydrogens is 419 g/mol. The summed E-state index contributed by atoms with van der Waals surface area (Å²) in [6, 6.07) is 12.1. The molecule has 30 heavy (non-hydrogen) atoms. The number of nitrogens with one attached hydrogen (secondary N) is 1. The van der Waals surface area contributed by atoms with Crippen LogP contribution in [0.2, 0.25) is 5.02 Å². The molecule has 0 saturated carbocycles. The van der Waals surface area contributed by atoms with Gasteiger partial charge < -0.3 is 5.32 Å². The minimum absolute atomic E-state index is 0.184. The van der Waals surface area contributed by atoms with E-state index < -0.39 is 23.2 Å². The summed E-state index contributed by atoms with van der Waals surface area (Å²) in [4.78, 5) is 29.5. The Morgan fingerprint density at radius 2 is 1.83 bits per heavy atom. The molecule has 0 spiro atoms. The summed E-state index contributed by atoms with van der Waals surface area (Å²) in [6.07, 6.45) is -3.93. The van der Waals surface area contributed by atoms with Gasteiger partial charge in [-0.05, 0) is 42.8 Å². The normalized spacial score (nSPS) is 11.4. The second-order valence-corrected chi connectivity index (χ2v) is 6.92. The number of amides is 1. The molecule has 1 aromatic heterocycles. The van der Waals surface area contributed by atoms with Gasteiger partial charge in [0.15, 0.2) is 0 Å². The predicted molar refractivity (Wildman–Crippen MR) is 108 cm³/mol. The van der Waals surface area contributed by atoms with Crippen LogP contribution in [-0.4, -0.2) is 15.5 Å². The van der Waals surface area contributed by atoms with Crippen LogP contribution >= 0.6 is 11.6 Å². The summed E-state index contributed by atoms with van der Waals surface area (Å²) in [5.74, 6) is -0.296. The van der Waals surface area contributed by atoms with Crippen molar-refractivity contribution in [2.75, 3.05) is 5.32 Å². The third-order valence-corrected chi connectivity index (χ3v) is 4.54. The molecule has 0 bridgehead atoms. The Morgan fingerprint density at radius 3 is 2.43 bits per heavy atom. The molecule has 0 saturated heterocycles. The number of carbonyl (C=O) groups excluding carboxylic acids is 1. The van der Waals surface area contributed by atoms with Gasteiger partial charge in [-0.2, -0.15) is 13.2 Å². The number of hydrogen-bond donors (Lipinski definition) is 1. The van der Waals surface area contributed by atoms with Crippen molar-refractivity contribution in [3.63, 3.8) is 0 Å². The Hall–Kier alpha value is -3.13. The van der Waals surface area contributed by atoms with Gasteiger partial charge in [0.2, 0.25) is 5.91 Å². The van der Waals surface area contributed by atoms with E-state index in [4.69, 9.17) is 11.6 Å². The van der Waals surface area contributed by atoms with Crippen LogP contribution in [0, 0.1) is 0 Å². The van der Waals surface area contributed by atoms with Crippen molar-refractivity contribution in [3.8, 4) is 11.4 Å². The highest BCUT2D eigenvalue weighted by Crippen LogP contribution is 2.29. The Morgan fingerprint density at radius 1 is 1.13 bits per heavy atom. The van der Waals surface area contributed by atoms with E-state index >= 15 is 0 Å². The molecule has 0 aliphatic heterocycles. The Kier molecular flexibility index (Phi) is 6.26. The number of hydrogen-bond acceptors (Lipinski definition) is 3. The standard InChI is InChI=1S/C21H17ClF3N3O2/c1-2-16-11-19(30)28(20(27-16)13-4-3-5-15(22)10-13)12-18(29)26-17-8-6-14(7-9-17)21(23,24)25/h3-11H,2,12H2,1H3,(H,26,29). The van der Waals surface area contributed by atoms with Crippen molar-refractivity contribution in [2.45, 2.75) is 26.1 Å². The van der Waals surface area contributed by atoms with Gasteiger partial charge in [-0.15, -0.1) is 0 Å². The first-order valence-electron chi connectivity index (χ1n) is 9.01. The Balaban J connectivity index is 1.88. The first-order valence-corrected chi connectivity index (χ1v) is 9.39. The smallest absolute Gasteiger partial charge is 0.325 e. The average molecular weight is 436 g/mol. The summed E-state index contributed by atoms with van der Waals surface area (Å²) < 4.78 is 39.2. The molecule has 156 valence electrons. The molecule has 3 aromatic rings. The molecule has 1 N–H and O–H groups in total. The van der Waals surface area contributed by atoms with Crippen LogP contribution in [0.3, 0.4) is 0 Å². The highest BCUT2D eigenvalue weighted by atomic mass is 35.5. The zero-order valence-corrected chi connectivity index (χ0v) is 16.6. The molecule has 5 nitrogen and oxygen atoms in total. The summed E-state index contributed by atoms with van der Waals surface area (Å²) in [6.45, 7) is 1.49. The lowest BCUT2D eigenvalue weighted by Crippen LogP contribution is -2.30. The predicted octanol–water partition coefficient (Wildman–Crippen LogP) is 4.78. The first kappa shape index (κ1) is 21.6. The van der Waals surface area contributed by atoms with Gasteiger partial charge in [0.1, 0.15) is 12.4 Å². The molecular formula is C21H17ClF3N3O2. The van der Waals surface area contributed by atoms with Crippen LogP contribution in [0.15, 0.2) is 59.4 Å². The number of aryl methyl sites for hydroxylation is 1. The molecule has 0 atom stereocenters. The van der Waals surface area contributed by atoms with Crippen LogP contribution in [-0.2, 0) is 23.9 Å². The van der Waals surface area contributed by atoms with Gasteiger partial charge in [0.05, 0.1) is 5.56 Å². The van der Waals surface area contributed by atoms with Crippen molar-refractivity contribution in [3.05, 3.63) is 81.2 Å². The average Bonchev–Trinajstić information content (AvgIpc) is 2.69. The zero-order valence-electron chi connectivity index (χ0n) is 15.8. The molecule has 0 aliphatic rings. The highest BCUT2D eigenvalue weighted by molar-refractivity contribution is 6.30. The SMILES string of the molecule is CCc1cc(=O)n(CC(=O)Nc2ccc(C(F)(F)F)cc2)c(-c2cccc(Cl)c2)n1. The Bertz CT molecular complexity index is 1130. The van der Waals surface area contributed by atoms with Gasteiger partial charge >= 0.3 is 6.18 Å². The largest absolute Gasteiger partial charge is 0.416 e. The van der Waals surface area contributed by atoms with Crippen LogP contribution in [0.25, 0.3) is 11.4 Å². The van der Waals surface area contributed by atoms with Crippen LogP contribution in [0.4, 0.5) is 18.9 Å². The van der Waals surface area contributed by atoms with E-state index in [1.807, 2.05) is 6.92 Å². The summed E-state index contributed by atoms with van der Waals surface area (Å²) in [5, 5.41) is 2.94. The van der Waals surface area contributed by atoms with Gasteiger partial charge in [-0.3, -0.25) is 14.2 Å². The molecule has 0 unspecified atom stereocenters. The van der Waals surface area contributed by atoms with Crippen molar-refractivity contribution in [2.24, 2.45) is 0 Å². The Labute approximate surface area is 175 Å². The molecule has 0 radical (unpaired) electrons. The minimum atomic E-state index is -4.46. The monoisotopic (exact) mass is 435 g/mol. The lowest BCUT2D eigenvalue weighted by Gasteiger charge is -2.14. The molecule has 1 amide bonds. The fraction of sp³-hybridized carbons (Fsp3) is 0.190. The van der Waals surface area contributed by atoms with Gasteiger partial charge in [-0.1, -0.05) is 30.7 Å². The zero-order chi connectivity index (χ0) is 21.9. The first-order chi connectivity index (χ1) is 14.2. The second kappa shape index (κ2) is 8.71. The molecule has 3 rings (SSSR count). The lowest BCUT2D eigenvalue weighted by atomic mass is 10.2. The van der Waals surface area contributed by atoms with Gasteiger partial charge in [-0.25, -0.2) is 4.98 Å². The fourth-order valence-corrected chi connectivity index (χ4v) is 3.01. The van der Waals surface area contributed by atoms with E-state index in [9.17, 15) is 22.8 Å². The van der Waals surface area contributed by atoms with E-state index in [-0.39, 0.29) is 18.1 Å². The van der Waals surface area contributed by atoms with Crippen molar-refractivity contribution in [1.29, 1.82) is 0 Å². The van der Waals surface area contributed by atoms with Crippen molar-refractivity contribution in [1.82, 2.24) is 9.55 Å².